The highest BCUT2D eigenvalue weighted by molar-refractivity contribution is 5.84. The van der Waals surface area contributed by atoms with E-state index in [9.17, 15) is 9.59 Å². The van der Waals surface area contributed by atoms with E-state index in [2.05, 4.69) is 11.4 Å². The van der Waals surface area contributed by atoms with Gasteiger partial charge in [0.05, 0.1) is 0 Å². The number of amides is 1. The summed E-state index contributed by atoms with van der Waals surface area (Å²) in [5, 5.41) is 2.81. The van der Waals surface area contributed by atoms with Gasteiger partial charge < -0.3 is 10.1 Å². The molecule has 0 aliphatic heterocycles. The second-order valence-corrected chi connectivity index (χ2v) is 7.31. The largest absolute Gasteiger partial charge is 0.458 e. The van der Waals surface area contributed by atoms with Gasteiger partial charge in [0.15, 0.2) is 0 Å². The van der Waals surface area contributed by atoms with Gasteiger partial charge in [-0.15, -0.1) is 0 Å². The van der Waals surface area contributed by atoms with Crippen LogP contribution in [0.5, 0.6) is 0 Å². The van der Waals surface area contributed by atoms with Crippen molar-refractivity contribution >= 4 is 11.9 Å². The number of esters is 1. The van der Waals surface area contributed by atoms with Crippen LogP contribution in [0.25, 0.3) is 0 Å². The Kier molecular flexibility index (Phi) is 6.79. The third kappa shape index (κ3) is 7.31. The molecule has 0 radical (unpaired) electrons. The Labute approximate surface area is 139 Å². The summed E-state index contributed by atoms with van der Waals surface area (Å²) in [6.07, 6.45) is 1.02. The molecule has 1 aromatic rings. The molecular weight excluding hydrogens is 290 g/mol. The minimum Gasteiger partial charge on any atom is -0.458 e. The van der Waals surface area contributed by atoms with Gasteiger partial charge in [0.2, 0.25) is 5.91 Å². The zero-order chi connectivity index (χ0) is 17.6. The van der Waals surface area contributed by atoms with Gasteiger partial charge in [0.1, 0.15) is 11.6 Å². The van der Waals surface area contributed by atoms with Crippen LogP contribution in [0.1, 0.15) is 52.2 Å². The Hall–Kier alpha value is -1.84. The van der Waals surface area contributed by atoms with Crippen LogP contribution < -0.4 is 5.32 Å². The molecule has 1 N–H and O–H groups in total. The van der Waals surface area contributed by atoms with Crippen LogP contribution in [0.4, 0.5) is 0 Å². The molecule has 1 rings (SSSR count). The van der Waals surface area contributed by atoms with Gasteiger partial charge in [0, 0.05) is 6.42 Å². The first-order chi connectivity index (χ1) is 10.6. The van der Waals surface area contributed by atoms with Crippen molar-refractivity contribution in [2.24, 2.45) is 5.92 Å². The van der Waals surface area contributed by atoms with Gasteiger partial charge in [-0.25, -0.2) is 4.79 Å². The fourth-order valence-corrected chi connectivity index (χ4v) is 2.23. The van der Waals surface area contributed by atoms with Crippen LogP contribution in [0.2, 0.25) is 0 Å². The lowest BCUT2D eigenvalue weighted by molar-refractivity contribution is -0.160. The zero-order valence-corrected chi connectivity index (χ0v) is 15.1. The van der Waals surface area contributed by atoms with Gasteiger partial charge in [-0.3, -0.25) is 4.79 Å². The maximum Gasteiger partial charge on any atom is 0.329 e. The molecule has 0 heterocycles. The van der Waals surface area contributed by atoms with Gasteiger partial charge in [0.25, 0.3) is 0 Å². The standard InChI is InChI=1S/C19H29NO3/c1-13(2)17(18(22)23-19(4,5)6)20-16(21)11-10-15-9-7-8-14(3)12-15/h7-9,12-13,17H,10-11H2,1-6H3,(H,20,21)/t17-/m1/s1. The lowest BCUT2D eigenvalue weighted by Crippen LogP contribution is -2.47. The number of carbonyl (C=O) groups is 2. The lowest BCUT2D eigenvalue weighted by Gasteiger charge is -2.26. The van der Waals surface area contributed by atoms with E-state index < -0.39 is 11.6 Å². The second kappa shape index (κ2) is 8.14. The Morgan fingerprint density at radius 1 is 1.22 bits per heavy atom. The summed E-state index contributed by atoms with van der Waals surface area (Å²) in [4.78, 5) is 24.4. The van der Waals surface area contributed by atoms with Crippen molar-refractivity contribution in [3.05, 3.63) is 35.4 Å². The number of rotatable bonds is 6. The number of carbonyl (C=O) groups excluding carboxylic acids is 2. The van der Waals surface area contributed by atoms with E-state index in [4.69, 9.17) is 4.74 Å². The number of ether oxygens (including phenoxy) is 1. The fraction of sp³-hybridized carbons (Fsp3) is 0.579. The maximum absolute atomic E-state index is 12.2. The molecule has 0 saturated heterocycles. The summed E-state index contributed by atoms with van der Waals surface area (Å²) in [6, 6.07) is 7.48. The Bertz CT molecular complexity index is 544. The van der Waals surface area contributed by atoms with Crippen molar-refractivity contribution in [2.75, 3.05) is 0 Å². The van der Waals surface area contributed by atoms with Crippen molar-refractivity contribution in [1.82, 2.24) is 5.32 Å². The molecule has 1 amide bonds. The van der Waals surface area contributed by atoms with E-state index in [1.54, 1.807) is 0 Å². The normalized spacial score (nSPS) is 12.8. The highest BCUT2D eigenvalue weighted by atomic mass is 16.6. The van der Waals surface area contributed by atoms with Crippen LogP contribution in [-0.2, 0) is 20.7 Å². The number of nitrogens with one attached hydrogen (secondary N) is 1. The Morgan fingerprint density at radius 3 is 2.39 bits per heavy atom. The second-order valence-electron chi connectivity index (χ2n) is 7.31. The molecule has 1 atom stereocenters. The summed E-state index contributed by atoms with van der Waals surface area (Å²) in [6.45, 7) is 11.3. The highest BCUT2D eigenvalue weighted by Gasteiger charge is 2.28. The number of aryl methyl sites for hydroxylation is 2. The highest BCUT2D eigenvalue weighted by Crippen LogP contribution is 2.13. The predicted molar refractivity (Wildman–Crippen MR) is 92.1 cm³/mol. The monoisotopic (exact) mass is 319 g/mol. The van der Waals surface area contributed by atoms with Crippen LogP contribution >= 0.6 is 0 Å². The van der Waals surface area contributed by atoms with E-state index in [0.717, 1.165) is 5.56 Å². The third-order valence-corrected chi connectivity index (χ3v) is 3.37. The molecule has 0 aliphatic carbocycles. The Balaban J connectivity index is 2.59. The number of hydrogen-bond donors (Lipinski definition) is 1. The lowest BCUT2D eigenvalue weighted by atomic mass is 10.0. The molecule has 4 heteroatoms. The predicted octanol–water partition coefficient (Wildman–Crippen LogP) is 3.41. The van der Waals surface area contributed by atoms with Crippen LogP contribution in [0, 0.1) is 12.8 Å². The van der Waals surface area contributed by atoms with Crippen molar-refractivity contribution in [3.8, 4) is 0 Å². The summed E-state index contributed by atoms with van der Waals surface area (Å²) in [5.41, 5.74) is 1.74. The van der Waals surface area contributed by atoms with E-state index in [1.165, 1.54) is 5.56 Å². The fourth-order valence-electron chi connectivity index (χ4n) is 2.23. The van der Waals surface area contributed by atoms with Crippen LogP contribution in [-0.4, -0.2) is 23.5 Å². The van der Waals surface area contributed by atoms with Crippen molar-refractivity contribution in [1.29, 1.82) is 0 Å². The average molecular weight is 319 g/mol. The molecule has 128 valence electrons. The van der Waals surface area contributed by atoms with E-state index >= 15 is 0 Å². The topological polar surface area (TPSA) is 55.4 Å². The molecule has 0 saturated carbocycles. The minimum absolute atomic E-state index is 0.0206. The molecule has 0 fully saturated rings. The summed E-state index contributed by atoms with van der Waals surface area (Å²) in [7, 11) is 0. The van der Waals surface area contributed by atoms with E-state index in [-0.39, 0.29) is 17.8 Å². The van der Waals surface area contributed by atoms with E-state index in [1.807, 2.05) is 59.7 Å². The molecular formula is C19H29NO3. The first kappa shape index (κ1) is 19.2. The quantitative estimate of drug-likeness (QED) is 0.818. The van der Waals surface area contributed by atoms with E-state index in [0.29, 0.717) is 12.8 Å². The minimum atomic E-state index is -0.612. The van der Waals surface area contributed by atoms with Crippen LogP contribution in [0.15, 0.2) is 24.3 Å². The smallest absolute Gasteiger partial charge is 0.329 e. The molecule has 1 aromatic carbocycles. The Morgan fingerprint density at radius 2 is 1.87 bits per heavy atom. The van der Waals surface area contributed by atoms with Crippen LogP contribution in [0.3, 0.4) is 0 Å². The molecule has 4 nitrogen and oxygen atoms in total. The summed E-state index contributed by atoms with van der Waals surface area (Å²) < 4.78 is 5.39. The SMILES string of the molecule is Cc1cccc(CCC(=O)N[C@@H](C(=O)OC(C)(C)C)C(C)C)c1. The van der Waals surface area contributed by atoms with Crippen molar-refractivity contribution < 1.29 is 14.3 Å². The number of hydrogen-bond acceptors (Lipinski definition) is 3. The molecule has 0 spiro atoms. The molecule has 0 bridgehead atoms. The van der Waals surface area contributed by atoms with Gasteiger partial charge in [-0.1, -0.05) is 43.7 Å². The van der Waals surface area contributed by atoms with Gasteiger partial charge >= 0.3 is 5.97 Å². The zero-order valence-electron chi connectivity index (χ0n) is 15.1. The molecule has 23 heavy (non-hydrogen) atoms. The molecule has 0 aliphatic rings. The third-order valence-electron chi connectivity index (χ3n) is 3.37. The van der Waals surface area contributed by atoms with Gasteiger partial charge in [-0.2, -0.15) is 0 Å². The van der Waals surface area contributed by atoms with Crippen molar-refractivity contribution in [2.45, 2.75) is 66.0 Å². The first-order valence-corrected chi connectivity index (χ1v) is 8.16. The maximum atomic E-state index is 12.2. The first-order valence-electron chi connectivity index (χ1n) is 8.16. The molecule has 0 aromatic heterocycles. The van der Waals surface area contributed by atoms with Crippen molar-refractivity contribution in [3.63, 3.8) is 0 Å². The summed E-state index contributed by atoms with van der Waals surface area (Å²) in [5.74, 6) is -0.528. The number of benzene rings is 1. The average Bonchev–Trinajstić information content (AvgIpc) is 2.40. The van der Waals surface area contributed by atoms with Gasteiger partial charge in [-0.05, 0) is 45.6 Å². The molecule has 0 unspecified atom stereocenters. The summed E-state index contributed by atoms with van der Waals surface area (Å²) >= 11 is 0.